The molecule has 112 valence electrons. The number of nitrogens with zero attached hydrogens (tertiary/aromatic N) is 4. The lowest BCUT2D eigenvalue weighted by Gasteiger charge is -2.27. The lowest BCUT2D eigenvalue weighted by molar-refractivity contribution is 0.0731. The number of carbonyl (C=O) groups is 1. The molecule has 0 aliphatic carbocycles. The lowest BCUT2D eigenvalue weighted by Crippen LogP contribution is -2.47. The molecule has 1 saturated heterocycles. The van der Waals surface area contributed by atoms with E-state index < -0.39 is 5.63 Å². The van der Waals surface area contributed by atoms with Gasteiger partial charge in [-0.2, -0.15) is 0 Å². The fourth-order valence-electron chi connectivity index (χ4n) is 2.40. The van der Waals surface area contributed by atoms with Gasteiger partial charge >= 0.3 is 5.63 Å². The molecular formula is C14H13N5O3. The van der Waals surface area contributed by atoms with E-state index in [4.69, 9.17) is 9.95 Å². The third-order valence-electron chi connectivity index (χ3n) is 3.51. The Kier molecular flexibility index (Phi) is 3.78. The number of hydrogen-bond donors (Lipinski definition) is 1. The van der Waals surface area contributed by atoms with E-state index in [9.17, 15) is 9.59 Å². The number of amides is 1. The molecule has 0 bridgehead atoms. The number of azide groups is 1. The third-order valence-corrected chi connectivity index (χ3v) is 3.51. The van der Waals surface area contributed by atoms with Crippen LogP contribution in [0.2, 0.25) is 0 Å². The first-order valence-corrected chi connectivity index (χ1v) is 6.82. The highest BCUT2D eigenvalue weighted by atomic mass is 16.4. The second-order valence-electron chi connectivity index (χ2n) is 4.90. The fourth-order valence-corrected chi connectivity index (χ4v) is 2.40. The maximum absolute atomic E-state index is 12.4. The van der Waals surface area contributed by atoms with Gasteiger partial charge in [-0.15, -0.1) is 0 Å². The van der Waals surface area contributed by atoms with E-state index >= 15 is 0 Å². The Morgan fingerprint density at radius 3 is 2.82 bits per heavy atom. The third kappa shape index (κ3) is 2.65. The van der Waals surface area contributed by atoms with Gasteiger partial charge in [0, 0.05) is 42.2 Å². The molecule has 3 rings (SSSR count). The highest BCUT2D eigenvalue weighted by Gasteiger charge is 2.21. The maximum Gasteiger partial charge on any atom is 0.349 e. The normalized spacial score (nSPS) is 14.6. The summed E-state index contributed by atoms with van der Waals surface area (Å²) in [6.07, 6.45) is 0. The maximum atomic E-state index is 12.4. The predicted molar refractivity (Wildman–Crippen MR) is 80.1 cm³/mol. The van der Waals surface area contributed by atoms with Gasteiger partial charge < -0.3 is 14.6 Å². The highest BCUT2D eigenvalue weighted by Crippen LogP contribution is 2.21. The zero-order chi connectivity index (χ0) is 15.5. The van der Waals surface area contributed by atoms with Crippen molar-refractivity contribution in [1.29, 1.82) is 0 Å². The standard InChI is InChI=1S/C14H13N5O3/c15-18-17-10-2-1-9-7-11(14(21)22-12(9)8-10)13(20)19-5-3-16-4-6-19/h1-2,7-8,16H,3-6H2. The summed E-state index contributed by atoms with van der Waals surface area (Å²) in [5.74, 6) is -0.323. The molecule has 1 aromatic heterocycles. The average Bonchev–Trinajstić information content (AvgIpc) is 2.54. The second-order valence-corrected chi connectivity index (χ2v) is 4.90. The molecule has 2 aromatic rings. The summed E-state index contributed by atoms with van der Waals surface area (Å²) in [5, 5.41) is 7.21. The summed E-state index contributed by atoms with van der Waals surface area (Å²) in [7, 11) is 0. The van der Waals surface area contributed by atoms with Crippen molar-refractivity contribution in [2.75, 3.05) is 26.2 Å². The monoisotopic (exact) mass is 299 g/mol. The Morgan fingerprint density at radius 1 is 1.32 bits per heavy atom. The van der Waals surface area contributed by atoms with E-state index in [1.165, 1.54) is 12.1 Å². The first-order valence-electron chi connectivity index (χ1n) is 6.82. The summed E-state index contributed by atoms with van der Waals surface area (Å²) >= 11 is 0. The first-order chi connectivity index (χ1) is 10.7. The largest absolute Gasteiger partial charge is 0.422 e. The number of rotatable bonds is 2. The van der Waals surface area contributed by atoms with Crippen LogP contribution >= 0.6 is 0 Å². The van der Waals surface area contributed by atoms with Gasteiger partial charge in [0.05, 0.1) is 0 Å². The minimum absolute atomic E-state index is 0.0194. The van der Waals surface area contributed by atoms with Crippen LogP contribution in [0.25, 0.3) is 21.4 Å². The van der Waals surface area contributed by atoms with Crippen molar-refractivity contribution in [3.05, 3.63) is 50.7 Å². The topological polar surface area (TPSA) is 111 Å². The zero-order valence-corrected chi connectivity index (χ0v) is 11.7. The molecule has 2 heterocycles. The molecule has 0 radical (unpaired) electrons. The minimum atomic E-state index is -0.686. The summed E-state index contributed by atoms with van der Waals surface area (Å²) in [5.41, 5.74) is 8.38. The van der Waals surface area contributed by atoms with Gasteiger partial charge in [-0.3, -0.25) is 4.79 Å². The van der Waals surface area contributed by atoms with Gasteiger partial charge in [-0.1, -0.05) is 17.2 Å². The smallest absolute Gasteiger partial charge is 0.349 e. The molecule has 0 spiro atoms. The zero-order valence-electron chi connectivity index (χ0n) is 11.7. The van der Waals surface area contributed by atoms with Crippen molar-refractivity contribution in [2.24, 2.45) is 5.11 Å². The van der Waals surface area contributed by atoms with Crippen LogP contribution in [-0.4, -0.2) is 37.0 Å². The molecule has 0 unspecified atom stereocenters. The van der Waals surface area contributed by atoms with Crippen LogP contribution < -0.4 is 10.9 Å². The summed E-state index contributed by atoms with van der Waals surface area (Å²) in [6.45, 7) is 2.54. The molecule has 0 saturated carbocycles. The number of carbonyl (C=O) groups excluding carboxylic acids is 1. The lowest BCUT2D eigenvalue weighted by atomic mass is 10.1. The molecule has 1 N–H and O–H groups in total. The quantitative estimate of drug-likeness (QED) is 0.394. The molecule has 1 aliphatic heterocycles. The van der Waals surface area contributed by atoms with E-state index in [0.717, 1.165) is 0 Å². The molecule has 1 aromatic carbocycles. The van der Waals surface area contributed by atoms with Crippen molar-refractivity contribution in [1.82, 2.24) is 10.2 Å². The minimum Gasteiger partial charge on any atom is -0.422 e. The summed E-state index contributed by atoms with van der Waals surface area (Å²) in [4.78, 5) is 28.8. The van der Waals surface area contributed by atoms with E-state index in [1.807, 2.05) is 0 Å². The average molecular weight is 299 g/mol. The number of fused-ring (bicyclic) bond motifs is 1. The molecule has 1 aliphatic rings. The molecule has 22 heavy (non-hydrogen) atoms. The van der Waals surface area contributed by atoms with Crippen molar-refractivity contribution in [3.63, 3.8) is 0 Å². The number of hydrogen-bond acceptors (Lipinski definition) is 5. The molecule has 1 amide bonds. The molecule has 8 heteroatoms. The molecule has 8 nitrogen and oxygen atoms in total. The highest BCUT2D eigenvalue weighted by molar-refractivity contribution is 5.97. The van der Waals surface area contributed by atoms with Crippen LogP contribution in [0.4, 0.5) is 5.69 Å². The number of nitrogens with one attached hydrogen (secondary N) is 1. The van der Waals surface area contributed by atoms with Gasteiger partial charge in [0.1, 0.15) is 11.1 Å². The van der Waals surface area contributed by atoms with Crippen molar-refractivity contribution in [3.8, 4) is 0 Å². The van der Waals surface area contributed by atoms with E-state index in [2.05, 4.69) is 15.3 Å². The first kappa shape index (κ1) is 14.1. The van der Waals surface area contributed by atoms with Gasteiger partial charge in [0.2, 0.25) is 0 Å². The molecule has 0 atom stereocenters. The van der Waals surface area contributed by atoms with E-state index in [1.54, 1.807) is 17.0 Å². The van der Waals surface area contributed by atoms with Gasteiger partial charge in [0.15, 0.2) is 0 Å². The van der Waals surface area contributed by atoms with Gasteiger partial charge in [-0.25, -0.2) is 4.79 Å². The van der Waals surface area contributed by atoms with Crippen LogP contribution in [0.3, 0.4) is 0 Å². The van der Waals surface area contributed by atoms with Crippen molar-refractivity contribution in [2.45, 2.75) is 0 Å². The van der Waals surface area contributed by atoms with Crippen LogP contribution in [-0.2, 0) is 0 Å². The fraction of sp³-hybridized carbons (Fsp3) is 0.286. The molecular weight excluding hydrogens is 286 g/mol. The van der Waals surface area contributed by atoms with E-state index in [-0.39, 0.29) is 17.1 Å². The van der Waals surface area contributed by atoms with Crippen molar-refractivity contribution >= 4 is 22.6 Å². The van der Waals surface area contributed by atoms with Gasteiger partial charge in [-0.05, 0) is 17.7 Å². The van der Waals surface area contributed by atoms with E-state index in [0.29, 0.717) is 37.3 Å². The summed E-state index contributed by atoms with van der Waals surface area (Å²) in [6, 6.07) is 6.23. The Bertz CT molecular complexity index is 832. The molecule has 1 fully saturated rings. The Morgan fingerprint density at radius 2 is 2.09 bits per heavy atom. The Labute approximate surface area is 125 Å². The predicted octanol–water partition coefficient (Wildman–Crippen LogP) is 1.78. The van der Waals surface area contributed by atoms with Gasteiger partial charge in [0.25, 0.3) is 5.91 Å². The van der Waals surface area contributed by atoms with Crippen LogP contribution in [0.15, 0.2) is 38.6 Å². The van der Waals surface area contributed by atoms with Crippen molar-refractivity contribution < 1.29 is 9.21 Å². The SMILES string of the molecule is [N-]=[N+]=Nc1ccc2cc(C(=O)N3CCNCC3)c(=O)oc2c1. The Hall–Kier alpha value is -2.83. The van der Waals surface area contributed by atoms with Crippen LogP contribution in [0.5, 0.6) is 0 Å². The second kappa shape index (κ2) is 5.88. The number of benzene rings is 1. The van der Waals surface area contributed by atoms with Crippen LogP contribution in [0.1, 0.15) is 10.4 Å². The number of piperazine rings is 1. The van der Waals surface area contributed by atoms with Crippen LogP contribution in [0, 0.1) is 0 Å². The summed E-state index contributed by atoms with van der Waals surface area (Å²) < 4.78 is 5.19. The Balaban J connectivity index is 2.02.